The summed E-state index contributed by atoms with van der Waals surface area (Å²) in [5.74, 6) is -1.78. The molecule has 1 aliphatic carbocycles. The number of hydrogen-bond donors (Lipinski definition) is 2. The van der Waals surface area contributed by atoms with E-state index in [2.05, 4.69) is 29.6 Å². The molecule has 2 aromatic rings. The molecule has 1 unspecified atom stereocenters. The highest BCUT2D eigenvalue weighted by molar-refractivity contribution is 5.88. The Balaban J connectivity index is 1.42. The van der Waals surface area contributed by atoms with E-state index in [0.717, 1.165) is 22.3 Å². The molecule has 4 rings (SSSR count). The van der Waals surface area contributed by atoms with Crippen molar-refractivity contribution in [3.63, 3.8) is 0 Å². The van der Waals surface area contributed by atoms with Crippen molar-refractivity contribution in [1.29, 1.82) is 0 Å². The number of amides is 2. The molecule has 1 saturated heterocycles. The summed E-state index contributed by atoms with van der Waals surface area (Å²) in [6.07, 6.45) is -0.223. The quantitative estimate of drug-likeness (QED) is 0.697. The van der Waals surface area contributed by atoms with Crippen molar-refractivity contribution >= 4 is 18.0 Å². The number of benzene rings is 2. The van der Waals surface area contributed by atoms with Gasteiger partial charge in [-0.25, -0.2) is 4.79 Å². The van der Waals surface area contributed by atoms with Gasteiger partial charge in [0.15, 0.2) is 0 Å². The average molecular weight is 451 g/mol. The zero-order valence-electron chi connectivity index (χ0n) is 19.2. The highest BCUT2D eigenvalue weighted by atomic mass is 16.5. The van der Waals surface area contributed by atoms with Gasteiger partial charge in [0.05, 0.1) is 5.92 Å². The topological polar surface area (TPSA) is 95.9 Å². The highest BCUT2D eigenvalue weighted by Crippen LogP contribution is 2.44. The predicted molar refractivity (Wildman–Crippen MR) is 124 cm³/mol. The summed E-state index contributed by atoms with van der Waals surface area (Å²) in [6, 6.07) is 15.4. The molecule has 2 amide bonds. The lowest BCUT2D eigenvalue weighted by Crippen LogP contribution is -2.59. The Hall–Kier alpha value is -3.35. The number of carboxylic acids is 1. The van der Waals surface area contributed by atoms with Gasteiger partial charge < -0.3 is 20.1 Å². The number of nitrogens with one attached hydrogen (secondary N) is 1. The second-order valence-electron chi connectivity index (χ2n) is 10.1. The summed E-state index contributed by atoms with van der Waals surface area (Å²) in [7, 11) is 0. The van der Waals surface area contributed by atoms with Crippen molar-refractivity contribution in [2.75, 3.05) is 19.7 Å². The van der Waals surface area contributed by atoms with Crippen LogP contribution in [0.3, 0.4) is 0 Å². The number of carbonyl (C=O) groups is 3. The monoisotopic (exact) mass is 450 g/mol. The van der Waals surface area contributed by atoms with Crippen molar-refractivity contribution in [3.8, 4) is 11.1 Å². The summed E-state index contributed by atoms with van der Waals surface area (Å²) in [6.45, 7) is 6.47. The lowest BCUT2D eigenvalue weighted by atomic mass is 9.87. The molecule has 0 spiro atoms. The van der Waals surface area contributed by atoms with Gasteiger partial charge in [-0.05, 0) is 34.1 Å². The first kappa shape index (κ1) is 22.8. The third-order valence-electron chi connectivity index (χ3n) is 6.29. The summed E-state index contributed by atoms with van der Waals surface area (Å²) in [5.41, 5.74) is 4.32. The Kier molecular flexibility index (Phi) is 6.15. The summed E-state index contributed by atoms with van der Waals surface area (Å²) in [5, 5.41) is 11.8. The minimum atomic E-state index is -0.907. The Morgan fingerprint density at radius 3 is 2.09 bits per heavy atom. The number of likely N-dealkylation sites (tertiary alicyclic amines) is 1. The fourth-order valence-electron chi connectivity index (χ4n) is 4.63. The number of alkyl carbamates (subject to hydrolysis) is 1. The van der Waals surface area contributed by atoms with Crippen molar-refractivity contribution in [2.24, 2.45) is 11.3 Å². The number of carbonyl (C=O) groups excluding carboxylic acids is 2. The summed E-state index contributed by atoms with van der Waals surface area (Å²) < 4.78 is 5.61. The van der Waals surface area contributed by atoms with Crippen LogP contribution in [0.15, 0.2) is 48.5 Å². The molecule has 2 aromatic carbocycles. The van der Waals surface area contributed by atoms with Gasteiger partial charge in [0.25, 0.3) is 0 Å². The molecule has 33 heavy (non-hydrogen) atoms. The fourth-order valence-corrected chi connectivity index (χ4v) is 4.63. The SMILES string of the molecule is CC(C)(C)CC(NC(=O)OCC1c2ccccc2-c2ccccc21)C(=O)N1CC(C(=O)O)C1. The van der Waals surface area contributed by atoms with Crippen LogP contribution >= 0.6 is 0 Å². The van der Waals surface area contributed by atoms with E-state index in [4.69, 9.17) is 9.84 Å². The molecular weight excluding hydrogens is 420 g/mol. The molecule has 7 nitrogen and oxygen atoms in total. The third kappa shape index (κ3) is 4.87. The normalized spacial score (nSPS) is 16.4. The molecule has 7 heteroatoms. The zero-order valence-corrected chi connectivity index (χ0v) is 19.2. The highest BCUT2D eigenvalue weighted by Gasteiger charge is 2.40. The predicted octanol–water partition coefficient (Wildman–Crippen LogP) is 3.87. The van der Waals surface area contributed by atoms with E-state index >= 15 is 0 Å². The van der Waals surface area contributed by atoms with Gasteiger partial charge in [0.1, 0.15) is 12.6 Å². The van der Waals surface area contributed by atoms with Gasteiger partial charge in [-0.1, -0.05) is 69.3 Å². The molecular formula is C26H30N2O5. The van der Waals surface area contributed by atoms with Crippen molar-refractivity contribution < 1.29 is 24.2 Å². The summed E-state index contributed by atoms with van der Waals surface area (Å²) >= 11 is 0. The first-order valence-corrected chi connectivity index (χ1v) is 11.3. The number of fused-ring (bicyclic) bond motifs is 3. The van der Waals surface area contributed by atoms with E-state index in [1.165, 1.54) is 4.90 Å². The minimum Gasteiger partial charge on any atom is -0.481 e. The summed E-state index contributed by atoms with van der Waals surface area (Å²) in [4.78, 5) is 38.3. The number of hydrogen-bond acceptors (Lipinski definition) is 4. The third-order valence-corrected chi connectivity index (χ3v) is 6.29. The van der Waals surface area contributed by atoms with Crippen LogP contribution in [-0.4, -0.2) is 53.7 Å². The molecule has 1 fully saturated rings. The van der Waals surface area contributed by atoms with Crippen LogP contribution in [0.5, 0.6) is 0 Å². The van der Waals surface area contributed by atoms with Crippen molar-refractivity contribution in [1.82, 2.24) is 10.2 Å². The number of carboxylic acid groups (broad SMARTS) is 1. The second kappa shape index (κ2) is 8.89. The Morgan fingerprint density at radius 2 is 1.58 bits per heavy atom. The van der Waals surface area contributed by atoms with Gasteiger partial charge in [-0.2, -0.15) is 0 Å². The van der Waals surface area contributed by atoms with Gasteiger partial charge in [0.2, 0.25) is 5.91 Å². The molecule has 2 N–H and O–H groups in total. The van der Waals surface area contributed by atoms with Gasteiger partial charge >= 0.3 is 12.1 Å². The smallest absolute Gasteiger partial charge is 0.407 e. The van der Waals surface area contributed by atoms with Crippen molar-refractivity contribution in [3.05, 3.63) is 59.7 Å². The van der Waals surface area contributed by atoms with E-state index in [1.807, 2.05) is 45.0 Å². The molecule has 0 saturated carbocycles. The van der Waals surface area contributed by atoms with Gasteiger partial charge in [0, 0.05) is 19.0 Å². The van der Waals surface area contributed by atoms with Crippen molar-refractivity contribution in [2.45, 2.75) is 39.2 Å². The molecule has 1 heterocycles. The number of rotatable bonds is 6. The number of aliphatic carboxylic acids is 1. The largest absolute Gasteiger partial charge is 0.481 e. The van der Waals surface area contributed by atoms with Crippen LogP contribution in [0.25, 0.3) is 11.1 Å². The van der Waals surface area contributed by atoms with E-state index in [0.29, 0.717) is 6.42 Å². The minimum absolute atomic E-state index is 0.0633. The number of ether oxygens (including phenoxy) is 1. The lowest BCUT2D eigenvalue weighted by molar-refractivity contribution is -0.154. The van der Waals surface area contributed by atoms with Crippen LogP contribution in [0.1, 0.15) is 44.2 Å². The zero-order chi connectivity index (χ0) is 23.8. The van der Waals surface area contributed by atoms with Crippen LogP contribution in [0.4, 0.5) is 4.79 Å². The molecule has 1 aliphatic heterocycles. The first-order valence-electron chi connectivity index (χ1n) is 11.3. The van der Waals surface area contributed by atoms with Crippen LogP contribution in [0, 0.1) is 11.3 Å². The molecule has 174 valence electrons. The molecule has 0 aromatic heterocycles. The maximum Gasteiger partial charge on any atom is 0.407 e. The lowest BCUT2D eigenvalue weighted by Gasteiger charge is -2.39. The average Bonchev–Trinajstić information content (AvgIpc) is 3.03. The van der Waals surface area contributed by atoms with E-state index in [9.17, 15) is 14.4 Å². The maximum atomic E-state index is 13.0. The van der Waals surface area contributed by atoms with E-state index < -0.39 is 24.0 Å². The Labute approximate surface area is 193 Å². The van der Waals surface area contributed by atoms with E-state index in [1.54, 1.807) is 0 Å². The molecule has 2 aliphatic rings. The maximum absolute atomic E-state index is 13.0. The fraction of sp³-hybridized carbons (Fsp3) is 0.423. The second-order valence-corrected chi connectivity index (χ2v) is 10.1. The number of nitrogens with zero attached hydrogens (tertiary/aromatic N) is 1. The molecule has 0 radical (unpaired) electrons. The molecule has 1 atom stereocenters. The van der Waals surface area contributed by atoms with Crippen LogP contribution in [0.2, 0.25) is 0 Å². The van der Waals surface area contributed by atoms with Crippen LogP contribution in [-0.2, 0) is 14.3 Å². The van der Waals surface area contributed by atoms with Gasteiger partial charge in [-0.3, -0.25) is 9.59 Å². The van der Waals surface area contributed by atoms with Gasteiger partial charge in [-0.15, -0.1) is 0 Å². The first-order chi connectivity index (χ1) is 15.6. The Morgan fingerprint density at radius 1 is 1.03 bits per heavy atom. The Bertz CT molecular complexity index is 1020. The van der Waals surface area contributed by atoms with E-state index in [-0.39, 0.29) is 36.9 Å². The molecule has 0 bridgehead atoms. The standard InChI is InChI=1S/C26H30N2O5/c1-26(2,3)12-22(23(29)28-13-16(14-28)24(30)31)27-25(32)33-15-21-19-10-6-4-8-17(19)18-9-5-7-11-20(18)21/h4-11,16,21-22H,12-15H2,1-3H3,(H,27,32)(H,30,31). The van der Waals surface area contributed by atoms with Crippen LogP contribution < -0.4 is 5.32 Å².